The van der Waals surface area contributed by atoms with Crippen LogP contribution in [0.15, 0.2) is 84.9 Å². The molecule has 7 nitrogen and oxygen atoms in total. The molecule has 6 rings (SSSR count). The molecule has 2 bridgehead atoms. The number of hydrogen-bond donors (Lipinski definition) is 2. The Morgan fingerprint density at radius 1 is 0.925 bits per heavy atom. The highest BCUT2D eigenvalue weighted by Gasteiger charge is 2.50. The second-order valence-electron chi connectivity index (χ2n) is 11.4. The fraction of sp³-hybridized carbons (Fsp3) is 0.394. The highest BCUT2D eigenvalue weighted by atomic mass is 16.6. The molecule has 3 aromatic carbocycles. The van der Waals surface area contributed by atoms with Crippen molar-refractivity contribution in [1.82, 2.24) is 5.32 Å². The lowest BCUT2D eigenvalue weighted by Crippen LogP contribution is -2.66. The molecule has 3 fully saturated rings. The number of nitrogens with one attached hydrogen (secondary N) is 1. The van der Waals surface area contributed by atoms with E-state index in [0.717, 1.165) is 42.7 Å². The molecule has 0 spiro atoms. The van der Waals surface area contributed by atoms with Crippen LogP contribution in [-0.2, 0) is 15.1 Å². The largest absolute Gasteiger partial charge is 0.491 e. The van der Waals surface area contributed by atoms with Gasteiger partial charge in [-0.25, -0.2) is 4.79 Å². The number of piperidine rings is 3. The molecule has 3 heterocycles. The van der Waals surface area contributed by atoms with Gasteiger partial charge in [-0.1, -0.05) is 60.7 Å². The molecule has 1 amide bonds. The molecule has 0 aliphatic carbocycles. The van der Waals surface area contributed by atoms with Crippen molar-refractivity contribution in [2.45, 2.75) is 44.5 Å². The van der Waals surface area contributed by atoms with E-state index < -0.39 is 11.6 Å². The Morgan fingerprint density at radius 2 is 1.50 bits per heavy atom. The minimum Gasteiger partial charge on any atom is -0.491 e. The van der Waals surface area contributed by atoms with Gasteiger partial charge in [0.1, 0.15) is 12.3 Å². The predicted octanol–water partition coefficient (Wildman–Crippen LogP) is 4.29. The molecule has 3 aromatic rings. The van der Waals surface area contributed by atoms with E-state index in [0.29, 0.717) is 29.8 Å². The van der Waals surface area contributed by atoms with Crippen molar-refractivity contribution in [3.05, 3.63) is 102 Å². The summed E-state index contributed by atoms with van der Waals surface area (Å²) in [6.07, 6.45) is 1.71. The van der Waals surface area contributed by atoms with Crippen molar-refractivity contribution in [3.8, 4) is 5.75 Å². The monoisotopic (exact) mass is 543 g/mol. The van der Waals surface area contributed by atoms with Crippen LogP contribution in [0.3, 0.4) is 0 Å². The molecule has 0 unspecified atom stereocenters. The topological polar surface area (TPSA) is 84.9 Å². The van der Waals surface area contributed by atoms with Crippen molar-refractivity contribution in [3.63, 3.8) is 0 Å². The first-order valence-electron chi connectivity index (χ1n) is 14.2. The summed E-state index contributed by atoms with van der Waals surface area (Å²) < 4.78 is 12.6. The van der Waals surface area contributed by atoms with E-state index >= 15 is 0 Å². The van der Waals surface area contributed by atoms with Crippen LogP contribution in [0.25, 0.3) is 0 Å². The van der Waals surface area contributed by atoms with Crippen LogP contribution in [-0.4, -0.2) is 66.4 Å². The van der Waals surface area contributed by atoms with Gasteiger partial charge in [0.2, 0.25) is 5.60 Å². The minimum absolute atomic E-state index is 0.0795. The maximum atomic E-state index is 13.7. The zero-order valence-corrected chi connectivity index (χ0v) is 23.3. The number of benzene rings is 3. The Morgan fingerprint density at radius 3 is 2.05 bits per heavy atom. The van der Waals surface area contributed by atoms with Gasteiger partial charge in [-0.15, -0.1) is 0 Å². The van der Waals surface area contributed by atoms with Crippen molar-refractivity contribution in [2.24, 2.45) is 5.92 Å². The van der Waals surface area contributed by atoms with Crippen LogP contribution in [0.5, 0.6) is 5.75 Å². The van der Waals surface area contributed by atoms with E-state index in [1.54, 1.807) is 36.4 Å². The van der Waals surface area contributed by atoms with Gasteiger partial charge in [-0.05, 0) is 49.2 Å². The number of amides is 1. The van der Waals surface area contributed by atoms with Crippen LogP contribution in [0, 0.1) is 5.92 Å². The number of carbonyl (C=O) groups is 2. The Balaban J connectivity index is 1.23. The number of esters is 1. The third-order valence-corrected chi connectivity index (χ3v) is 8.34. The summed E-state index contributed by atoms with van der Waals surface area (Å²) >= 11 is 0. The van der Waals surface area contributed by atoms with Crippen molar-refractivity contribution < 1.29 is 28.7 Å². The Bertz CT molecular complexity index is 1250. The first-order chi connectivity index (χ1) is 19.3. The van der Waals surface area contributed by atoms with E-state index in [1.807, 2.05) is 62.4 Å². The summed E-state index contributed by atoms with van der Waals surface area (Å²) in [4.78, 5) is 26.5. The number of aliphatic hydroxyl groups is 1. The van der Waals surface area contributed by atoms with Crippen molar-refractivity contribution in [2.75, 3.05) is 32.7 Å². The summed E-state index contributed by atoms with van der Waals surface area (Å²) in [6.45, 7) is 7.92. The molecule has 0 aromatic heterocycles. The molecular weight excluding hydrogens is 504 g/mol. The summed E-state index contributed by atoms with van der Waals surface area (Å²) in [7, 11) is 0. The average molecular weight is 544 g/mol. The minimum atomic E-state index is -1.89. The molecule has 7 heteroatoms. The van der Waals surface area contributed by atoms with E-state index in [-0.39, 0.29) is 24.0 Å². The Labute approximate surface area is 236 Å². The summed E-state index contributed by atoms with van der Waals surface area (Å²) in [5, 5.41) is 14.9. The number of carbonyl (C=O) groups excluding carboxylic acids is 2. The molecule has 0 saturated carbocycles. The van der Waals surface area contributed by atoms with Gasteiger partial charge in [0.15, 0.2) is 6.10 Å². The second kappa shape index (κ2) is 11.8. The lowest BCUT2D eigenvalue weighted by atomic mass is 9.82. The lowest BCUT2D eigenvalue weighted by molar-refractivity contribution is -0.945. The van der Waals surface area contributed by atoms with Crippen LogP contribution >= 0.6 is 0 Å². The van der Waals surface area contributed by atoms with E-state index in [4.69, 9.17) is 9.47 Å². The number of rotatable bonds is 10. The van der Waals surface area contributed by atoms with Gasteiger partial charge in [-0.2, -0.15) is 0 Å². The summed E-state index contributed by atoms with van der Waals surface area (Å²) in [5.41, 5.74) is -0.310. The molecule has 3 aliphatic heterocycles. The standard InChI is InChI=1S/C33H38N2O5/c1-24(2)39-29-15-13-26(14-16-29)31(36)34-19-22-35-20-17-25(18-21-35)30(23-35)40-32(37)33(38,27-9-5-3-6-10-27)28-11-7-4-8-12-28/h3-16,24-25,30,38H,17-23H2,1-2H3/p+1/t25?,30-,35?/m0/s1. The smallest absolute Gasteiger partial charge is 0.348 e. The maximum Gasteiger partial charge on any atom is 0.348 e. The van der Waals surface area contributed by atoms with Gasteiger partial charge in [0.05, 0.1) is 32.3 Å². The Kier molecular flexibility index (Phi) is 8.24. The van der Waals surface area contributed by atoms with Crippen LogP contribution in [0.2, 0.25) is 0 Å². The number of ether oxygens (including phenoxy) is 2. The second-order valence-corrected chi connectivity index (χ2v) is 11.4. The number of quaternary nitrogens is 1. The molecule has 3 saturated heterocycles. The third kappa shape index (κ3) is 5.91. The molecule has 0 radical (unpaired) electrons. The van der Waals surface area contributed by atoms with E-state index in [1.165, 1.54) is 0 Å². The van der Waals surface area contributed by atoms with Gasteiger partial charge in [0.25, 0.3) is 5.91 Å². The molecule has 210 valence electrons. The van der Waals surface area contributed by atoms with Crippen molar-refractivity contribution >= 4 is 11.9 Å². The van der Waals surface area contributed by atoms with Crippen LogP contribution < -0.4 is 10.1 Å². The summed E-state index contributed by atoms with van der Waals surface area (Å²) in [5.74, 6) is 0.272. The molecule has 2 N–H and O–H groups in total. The van der Waals surface area contributed by atoms with Gasteiger partial charge in [0, 0.05) is 24.3 Å². The lowest BCUT2D eigenvalue weighted by Gasteiger charge is -2.52. The van der Waals surface area contributed by atoms with Crippen LogP contribution in [0.1, 0.15) is 48.2 Å². The van der Waals surface area contributed by atoms with Gasteiger partial charge < -0.3 is 24.4 Å². The van der Waals surface area contributed by atoms with Crippen LogP contribution in [0.4, 0.5) is 0 Å². The van der Waals surface area contributed by atoms with E-state index in [2.05, 4.69) is 5.32 Å². The third-order valence-electron chi connectivity index (χ3n) is 8.34. The average Bonchev–Trinajstić information content (AvgIpc) is 2.98. The van der Waals surface area contributed by atoms with Gasteiger partial charge >= 0.3 is 5.97 Å². The first kappa shape index (κ1) is 27.9. The number of nitrogens with zero attached hydrogens (tertiary/aromatic N) is 1. The predicted molar refractivity (Wildman–Crippen MR) is 153 cm³/mol. The zero-order valence-electron chi connectivity index (χ0n) is 23.3. The summed E-state index contributed by atoms with van der Waals surface area (Å²) in [6, 6.07) is 25.2. The molecular formula is C33H39N2O5+. The highest BCUT2D eigenvalue weighted by molar-refractivity contribution is 5.94. The van der Waals surface area contributed by atoms with E-state index in [9.17, 15) is 14.7 Å². The highest BCUT2D eigenvalue weighted by Crippen LogP contribution is 2.38. The Hall–Kier alpha value is -3.68. The normalized spacial score (nSPS) is 22.1. The SMILES string of the molecule is CC(C)Oc1ccc(C(=O)NCC[N+]23CCC(CC2)[C@@H](OC(=O)C(O)(c2ccccc2)c2ccccc2)C3)cc1. The van der Waals surface area contributed by atoms with Crippen molar-refractivity contribution in [1.29, 1.82) is 0 Å². The fourth-order valence-corrected chi connectivity index (χ4v) is 6.12. The molecule has 1 atom stereocenters. The fourth-order valence-electron chi connectivity index (χ4n) is 6.12. The first-order valence-corrected chi connectivity index (χ1v) is 14.2. The van der Waals surface area contributed by atoms with Gasteiger partial charge in [-0.3, -0.25) is 4.79 Å². The zero-order chi connectivity index (χ0) is 28.2. The maximum absolute atomic E-state index is 13.7. The molecule has 40 heavy (non-hydrogen) atoms. The molecule has 3 aliphatic rings. The quantitative estimate of drug-likeness (QED) is 0.294. The number of hydrogen-bond acceptors (Lipinski definition) is 5. The number of fused-ring (bicyclic) bond motifs is 3.